The fourth-order valence-electron chi connectivity index (χ4n) is 3.10. The molecule has 1 aromatic carbocycles. The maximum Gasteiger partial charge on any atom is 0.316 e. The molecule has 0 aliphatic carbocycles. The largest absolute Gasteiger partial charge is 0.457 e. The summed E-state index contributed by atoms with van der Waals surface area (Å²) < 4.78 is 5.71. The zero-order chi connectivity index (χ0) is 19.5. The maximum atomic E-state index is 5.71. The van der Waals surface area contributed by atoms with Gasteiger partial charge in [0.1, 0.15) is 12.3 Å². The Hall–Kier alpha value is -4.13. The van der Waals surface area contributed by atoms with Crippen molar-refractivity contribution in [3.63, 3.8) is 0 Å². The fourth-order valence-corrected chi connectivity index (χ4v) is 3.10. The summed E-state index contributed by atoms with van der Waals surface area (Å²) in [6, 6.07) is 16.1. The van der Waals surface area contributed by atoms with Crippen molar-refractivity contribution < 1.29 is 4.74 Å². The van der Waals surface area contributed by atoms with Crippen molar-refractivity contribution in [2.24, 2.45) is 0 Å². The summed E-state index contributed by atoms with van der Waals surface area (Å²) in [5, 5.41) is 8.34. The summed E-state index contributed by atoms with van der Waals surface area (Å²) in [6.07, 6.45) is 8.76. The second-order valence-corrected chi connectivity index (χ2v) is 6.42. The van der Waals surface area contributed by atoms with Gasteiger partial charge in [0, 0.05) is 47.5 Å². The van der Waals surface area contributed by atoms with E-state index in [1.807, 2.05) is 54.7 Å². The van der Waals surface area contributed by atoms with Gasteiger partial charge in [0.2, 0.25) is 0 Å². The van der Waals surface area contributed by atoms with Crippen molar-refractivity contribution in [3.05, 3.63) is 85.2 Å². The van der Waals surface area contributed by atoms with Gasteiger partial charge in [0.25, 0.3) is 0 Å². The van der Waals surface area contributed by atoms with Crippen LogP contribution in [0.1, 0.15) is 5.69 Å². The van der Waals surface area contributed by atoms with Gasteiger partial charge in [-0.15, -0.1) is 0 Å². The summed E-state index contributed by atoms with van der Waals surface area (Å²) in [5.41, 5.74) is 5.32. The van der Waals surface area contributed by atoms with E-state index in [-0.39, 0.29) is 0 Å². The quantitative estimate of drug-likeness (QED) is 0.495. The topological polar surface area (TPSA) is 89.5 Å². The number of aromatic amines is 1. The van der Waals surface area contributed by atoms with Gasteiger partial charge in [-0.1, -0.05) is 24.3 Å². The highest BCUT2D eigenvalue weighted by Crippen LogP contribution is 2.29. The first kappa shape index (κ1) is 17.0. The van der Waals surface area contributed by atoms with E-state index in [0.717, 1.165) is 39.0 Å². The number of hydrogen-bond donors (Lipinski definition) is 1. The van der Waals surface area contributed by atoms with Crippen molar-refractivity contribution in [2.45, 2.75) is 6.61 Å². The number of para-hydroxylation sites is 1. The Balaban J connectivity index is 1.32. The molecular formula is C22H16N6O. The van der Waals surface area contributed by atoms with Crippen molar-refractivity contribution in [3.8, 4) is 28.4 Å². The molecule has 0 saturated heterocycles. The third-order valence-electron chi connectivity index (χ3n) is 4.54. The lowest BCUT2D eigenvalue weighted by molar-refractivity contribution is 0.277. The molecule has 5 rings (SSSR count). The lowest BCUT2D eigenvalue weighted by atomic mass is 10.1. The van der Waals surface area contributed by atoms with E-state index in [9.17, 15) is 0 Å². The third kappa shape index (κ3) is 3.53. The molecule has 4 heterocycles. The van der Waals surface area contributed by atoms with E-state index < -0.39 is 0 Å². The summed E-state index contributed by atoms with van der Waals surface area (Å²) >= 11 is 0. The summed E-state index contributed by atoms with van der Waals surface area (Å²) in [7, 11) is 0. The Morgan fingerprint density at radius 1 is 0.862 bits per heavy atom. The van der Waals surface area contributed by atoms with Crippen LogP contribution < -0.4 is 4.74 Å². The second kappa shape index (κ2) is 7.47. The van der Waals surface area contributed by atoms with Crippen LogP contribution >= 0.6 is 0 Å². The molecular weight excluding hydrogens is 364 g/mol. The van der Waals surface area contributed by atoms with Crippen LogP contribution in [0.4, 0.5) is 0 Å². The number of ether oxygens (including phenoxy) is 1. The van der Waals surface area contributed by atoms with Crippen LogP contribution in [-0.2, 0) is 6.61 Å². The first-order valence-electron chi connectivity index (χ1n) is 9.11. The predicted molar refractivity (Wildman–Crippen MR) is 109 cm³/mol. The number of hydrogen-bond acceptors (Lipinski definition) is 6. The monoisotopic (exact) mass is 380 g/mol. The Morgan fingerprint density at radius 2 is 1.69 bits per heavy atom. The van der Waals surface area contributed by atoms with Gasteiger partial charge in [0.05, 0.1) is 11.2 Å². The molecule has 1 N–H and O–H groups in total. The van der Waals surface area contributed by atoms with Crippen LogP contribution in [0.25, 0.3) is 33.3 Å². The first-order chi connectivity index (χ1) is 14.4. The Morgan fingerprint density at radius 3 is 2.55 bits per heavy atom. The average molecular weight is 380 g/mol. The highest BCUT2D eigenvalue weighted by molar-refractivity contribution is 5.79. The van der Waals surface area contributed by atoms with E-state index in [0.29, 0.717) is 12.6 Å². The van der Waals surface area contributed by atoms with Gasteiger partial charge in [-0.25, -0.2) is 15.0 Å². The standard InChI is InChI=1S/C22H16N6O/c1-2-4-20-16(3-1)5-6-18(27-20)14-29-22-24-11-17(12-25-22)21-19(13-26-28-21)15-7-9-23-10-8-15/h1-13H,14H2,(H,26,28). The van der Waals surface area contributed by atoms with Crippen LogP contribution in [0, 0.1) is 0 Å². The Bertz CT molecular complexity index is 1250. The molecule has 0 amide bonds. The van der Waals surface area contributed by atoms with E-state index in [4.69, 9.17) is 4.74 Å². The van der Waals surface area contributed by atoms with E-state index >= 15 is 0 Å². The van der Waals surface area contributed by atoms with Crippen molar-refractivity contribution in [1.82, 2.24) is 30.1 Å². The summed E-state index contributed by atoms with van der Waals surface area (Å²) in [5.74, 6) is 0. The molecule has 0 saturated carbocycles. The number of benzene rings is 1. The highest BCUT2D eigenvalue weighted by Gasteiger charge is 2.12. The molecule has 140 valence electrons. The fraction of sp³-hybridized carbons (Fsp3) is 0.0455. The van der Waals surface area contributed by atoms with Gasteiger partial charge in [-0.2, -0.15) is 5.10 Å². The third-order valence-corrected chi connectivity index (χ3v) is 4.54. The molecule has 0 aliphatic rings. The molecule has 0 spiro atoms. The number of aromatic nitrogens is 6. The molecule has 5 aromatic rings. The lowest BCUT2D eigenvalue weighted by Gasteiger charge is -2.06. The van der Waals surface area contributed by atoms with Gasteiger partial charge < -0.3 is 4.74 Å². The molecule has 0 bridgehead atoms. The van der Waals surface area contributed by atoms with E-state index in [2.05, 4.69) is 30.1 Å². The molecule has 0 aliphatic heterocycles. The zero-order valence-corrected chi connectivity index (χ0v) is 15.4. The molecule has 0 fully saturated rings. The van der Waals surface area contributed by atoms with E-state index in [1.165, 1.54) is 0 Å². The number of pyridine rings is 2. The van der Waals surface area contributed by atoms with Crippen LogP contribution in [0.3, 0.4) is 0 Å². The minimum atomic E-state index is 0.296. The Kier molecular flexibility index (Phi) is 4.38. The maximum absolute atomic E-state index is 5.71. The smallest absolute Gasteiger partial charge is 0.316 e. The van der Waals surface area contributed by atoms with Crippen LogP contribution in [0.15, 0.2) is 79.5 Å². The first-order valence-corrected chi connectivity index (χ1v) is 9.11. The van der Waals surface area contributed by atoms with E-state index in [1.54, 1.807) is 24.8 Å². The SMILES string of the molecule is c1ccc2nc(COc3ncc(-c4n[nH]cc4-c4ccncc4)cn3)ccc2c1. The average Bonchev–Trinajstić information content (AvgIpc) is 3.28. The molecule has 29 heavy (non-hydrogen) atoms. The molecule has 7 nitrogen and oxygen atoms in total. The van der Waals surface area contributed by atoms with Gasteiger partial charge >= 0.3 is 6.01 Å². The van der Waals surface area contributed by atoms with Crippen molar-refractivity contribution in [2.75, 3.05) is 0 Å². The predicted octanol–water partition coefficient (Wildman–Crippen LogP) is 4.06. The van der Waals surface area contributed by atoms with Gasteiger partial charge in [0.15, 0.2) is 0 Å². The normalized spacial score (nSPS) is 10.9. The summed E-state index contributed by atoms with van der Waals surface area (Å²) in [4.78, 5) is 17.3. The molecule has 7 heteroatoms. The number of rotatable bonds is 5. The van der Waals surface area contributed by atoms with Gasteiger partial charge in [-0.05, 0) is 29.8 Å². The molecule has 0 radical (unpaired) electrons. The number of nitrogens with one attached hydrogen (secondary N) is 1. The molecule has 0 unspecified atom stereocenters. The minimum Gasteiger partial charge on any atom is -0.457 e. The van der Waals surface area contributed by atoms with Crippen LogP contribution in [-0.4, -0.2) is 30.1 Å². The van der Waals surface area contributed by atoms with Crippen molar-refractivity contribution in [1.29, 1.82) is 0 Å². The number of nitrogens with zero attached hydrogens (tertiary/aromatic N) is 5. The van der Waals surface area contributed by atoms with Crippen LogP contribution in [0.5, 0.6) is 6.01 Å². The zero-order valence-electron chi connectivity index (χ0n) is 15.4. The lowest BCUT2D eigenvalue weighted by Crippen LogP contribution is -2.01. The molecule has 4 aromatic heterocycles. The van der Waals surface area contributed by atoms with Crippen molar-refractivity contribution >= 4 is 10.9 Å². The van der Waals surface area contributed by atoms with Gasteiger partial charge in [-0.3, -0.25) is 10.1 Å². The molecule has 0 atom stereocenters. The number of H-pyrrole nitrogens is 1. The second-order valence-electron chi connectivity index (χ2n) is 6.42. The number of fused-ring (bicyclic) bond motifs is 1. The summed E-state index contributed by atoms with van der Waals surface area (Å²) in [6.45, 7) is 0.300. The highest BCUT2D eigenvalue weighted by atomic mass is 16.5. The van der Waals surface area contributed by atoms with Crippen LogP contribution in [0.2, 0.25) is 0 Å². The Labute approximate surface area is 166 Å². The minimum absolute atomic E-state index is 0.296.